The second-order valence-corrected chi connectivity index (χ2v) is 5.55. The zero-order valence-corrected chi connectivity index (χ0v) is 13.8. The number of carbonyl (C=O) groups is 2. The maximum Gasteiger partial charge on any atom is 0.269 e. The van der Waals surface area contributed by atoms with Gasteiger partial charge in [-0.05, 0) is 56.2 Å². The zero-order valence-electron chi connectivity index (χ0n) is 13.8. The van der Waals surface area contributed by atoms with Gasteiger partial charge < -0.3 is 4.74 Å². The van der Waals surface area contributed by atoms with Crippen LogP contribution in [0, 0.1) is 0 Å². The Bertz CT molecular complexity index is 670. The van der Waals surface area contributed by atoms with Crippen molar-refractivity contribution in [2.45, 2.75) is 32.8 Å². The minimum Gasteiger partial charge on any atom is -0.491 e. The molecule has 0 fully saturated rings. The lowest BCUT2D eigenvalue weighted by molar-refractivity contribution is -0.121. The molecule has 0 bridgehead atoms. The van der Waals surface area contributed by atoms with Crippen molar-refractivity contribution < 1.29 is 14.3 Å². The number of carbonyl (C=O) groups excluding carboxylic acids is 2. The number of aryl methyl sites for hydroxylation is 1. The van der Waals surface area contributed by atoms with Gasteiger partial charge in [0.15, 0.2) is 0 Å². The molecule has 0 aliphatic rings. The fourth-order valence-corrected chi connectivity index (χ4v) is 2.02. The van der Waals surface area contributed by atoms with E-state index in [1.54, 1.807) is 36.7 Å². The number of nitrogens with one attached hydrogen (secondary N) is 2. The first-order valence-electron chi connectivity index (χ1n) is 7.79. The molecule has 2 aromatic rings. The third kappa shape index (κ3) is 5.72. The summed E-state index contributed by atoms with van der Waals surface area (Å²) in [5.41, 5.74) is 6.22. The Morgan fingerprint density at radius 2 is 1.88 bits per heavy atom. The lowest BCUT2D eigenvalue weighted by Crippen LogP contribution is -2.41. The van der Waals surface area contributed by atoms with Gasteiger partial charge in [0.1, 0.15) is 5.75 Å². The van der Waals surface area contributed by atoms with Crippen molar-refractivity contribution in [2.75, 3.05) is 0 Å². The predicted molar refractivity (Wildman–Crippen MR) is 90.4 cm³/mol. The highest BCUT2D eigenvalue weighted by Crippen LogP contribution is 2.13. The molecular formula is C18H21N3O3. The summed E-state index contributed by atoms with van der Waals surface area (Å²) in [5, 5.41) is 0. The number of hydrazine groups is 1. The van der Waals surface area contributed by atoms with E-state index in [0.717, 1.165) is 5.56 Å². The summed E-state index contributed by atoms with van der Waals surface area (Å²) in [5.74, 6) is 0.0647. The number of hydrogen-bond acceptors (Lipinski definition) is 4. The molecule has 0 aliphatic carbocycles. The van der Waals surface area contributed by atoms with Crippen LogP contribution in [0.1, 0.15) is 36.2 Å². The number of rotatable bonds is 6. The topological polar surface area (TPSA) is 80.3 Å². The summed E-state index contributed by atoms with van der Waals surface area (Å²) in [6.45, 7) is 3.86. The molecule has 2 amide bonds. The number of amides is 2. The smallest absolute Gasteiger partial charge is 0.269 e. The fourth-order valence-electron chi connectivity index (χ4n) is 2.02. The van der Waals surface area contributed by atoms with Crippen molar-refractivity contribution in [2.24, 2.45) is 0 Å². The molecule has 2 N–H and O–H groups in total. The van der Waals surface area contributed by atoms with Crippen LogP contribution < -0.4 is 15.6 Å². The SMILES string of the molecule is CC(C)Oc1ccc(C(=O)NNC(=O)CCc2cccnc2)cc1. The van der Waals surface area contributed by atoms with Crippen LogP contribution in [0.25, 0.3) is 0 Å². The van der Waals surface area contributed by atoms with E-state index in [1.165, 1.54) is 0 Å². The van der Waals surface area contributed by atoms with Crippen molar-refractivity contribution in [1.29, 1.82) is 0 Å². The van der Waals surface area contributed by atoms with Gasteiger partial charge in [-0.2, -0.15) is 0 Å². The molecule has 0 radical (unpaired) electrons. The number of benzene rings is 1. The van der Waals surface area contributed by atoms with Gasteiger partial charge in [0.2, 0.25) is 5.91 Å². The number of hydrogen-bond donors (Lipinski definition) is 2. The Kier molecular flexibility index (Phi) is 6.31. The van der Waals surface area contributed by atoms with Crippen molar-refractivity contribution in [3.8, 4) is 5.75 Å². The molecule has 1 aromatic heterocycles. The van der Waals surface area contributed by atoms with Crippen LogP contribution in [0.5, 0.6) is 5.75 Å². The Hall–Kier alpha value is -2.89. The van der Waals surface area contributed by atoms with E-state index in [0.29, 0.717) is 17.7 Å². The molecular weight excluding hydrogens is 306 g/mol. The number of aromatic nitrogens is 1. The highest BCUT2D eigenvalue weighted by atomic mass is 16.5. The van der Waals surface area contributed by atoms with Crippen LogP contribution in [0.15, 0.2) is 48.8 Å². The molecule has 1 heterocycles. The second-order valence-electron chi connectivity index (χ2n) is 5.55. The summed E-state index contributed by atoms with van der Waals surface area (Å²) in [4.78, 5) is 27.7. The first-order valence-corrected chi connectivity index (χ1v) is 7.79. The first-order chi connectivity index (χ1) is 11.5. The molecule has 0 unspecified atom stereocenters. The van der Waals surface area contributed by atoms with Gasteiger partial charge in [-0.3, -0.25) is 25.4 Å². The quantitative estimate of drug-likeness (QED) is 0.798. The van der Waals surface area contributed by atoms with Crippen LogP contribution in [0.4, 0.5) is 0 Å². The van der Waals surface area contributed by atoms with Gasteiger partial charge >= 0.3 is 0 Å². The molecule has 0 aliphatic heterocycles. The Morgan fingerprint density at radius 3 is 2.50 bits per heavy atom. The maximum absolute atomic E-state index is 12.0. The summed E-state index contributed by atoms with van der Waals surface area (Å²) < 4.78 is 5.51. The second kappa shape index (κ2) is 8.67. The molecule has 24 heavy (non-hydrogen) atoms. The van der Waals surface area contributed by atoms with E-state index in [2.05, 4.69) is 15.8 Å². The van der Waals surface area contributed by atoms with Crippen LogP contribution in [0.3, 0.4) is 0 Å². The van der Waals surface area contributed by atoms with Crippen molar-refractivity contribution in [3.63, 3.8) is 0 Å². The summed E-state index contributed by atoms with van der Waals surface area (Å²) in [6, 6.07) is 10.5. The highest BCUT2D eigenvalue weighted by molar-refractivity contribution is 5.95. The predicted octanol–water partition coefficient (Wildman–Crippen LogP) is 2.26. The van der Waals surface area contributed by atoms with Crippen molar-refractivity contribution in [1.82, 2.24) is 15.8 Å². The summed E-state index contributed by atoms with van der Waals surface area (Å²) >= 11 is 0. The number of pyridine rings is 1. The van der Waals surface area contributed by atoms with Gasteiger partial charge in [0, 0.05) is 24.4 Å². The zero-order chi connectivity index (χ0) is 17.4. The standard InChI is InChI=1S/C18H21N3O3/c1-13(2)24-16-8-6-15(7-9-16)18(23)21-20-17(22)10-5-14-4-3-11-19-12-14/h3-4,6-9,11-13H,5,10H2,1-2H3,(H,20,22)(H,21,23). The molecule has 0 atom stereocenters. The molecule has 0 saturated carbocycles. The van der Waals surface area contributed by atoms with E-state index in [4.69, 9.17) is 4.74 Å². The minimum absolute atomic E-state index is 0.0729. The van der Waals surface area contributed by atoms with Crippen LogP contribution in [-0.4, -0.2) is 22.9 Å². The normalized spacial score (nSPS) is 10.3. The third-order valence-corrected chi connectivity index (χ3v) is 3.17. The fraction of sp³-hybridized carbons (Fsp3) is 0.278. The van der Waals surface area contributed by atoms with Crippen LogP contribution in [0.2, 0.25) is 0 Å². The lowest BCUT2D eigenvalue weighted by atomic mass is 10.1. The van der Waals surface area contributed by atoms with E-state index < -0.39 is 0 Å². The monoisotopic (exact) mass is 327 g/mol. The van der Waals surface area contributed by atoms with Crippen molar-refractivity contribution >= 4 is 11.8 Å². The van der Waals surface area contributed by atoms with Gasteiger partial charge in [0.25, 0.3) is 5.91 Å². The van der Waals surface area contributed by atoms with E-state index in [-0.39, 0.29) is 24.3 Å². The molecule has 2 rings (SSSR count). The number of nitrogens with zero attached hydrogens (tertiary/aromatic N) is 1. The van der Waals surface area contributed by atoms with Gasteiger partial charge in [-0.25, -0.2) is 0 Å². The Morgan fingerprint density at radius 1 is 1.12 bits per heavy atom. The molecule has 0 spiro atoms. The maximum atomic E-state index is 12.0. The first kappa shape index (κ1) is 17.5. The van der Waals surface area contributed by atoms with Gasteiger partial charge in [-0.1, -0.05) is 6.07 Å². The molecule has 6 heteroatoms. The number of ether oxygens (including phenoxy) is 1. The molecule has 0 saturated heterocycles. The van der Waals surface area contributed by atoms with Crippen LogP contribution in [-0.2, 0) is 11.2 Å². The minimum atomic E-state index is -0.374. The summed E-state index contributed by atoms with van der Waals surface area (Å²) in [6.07, 6.45) is 4.31. The van der Waals surface area contributed by atoms with E-state index in [1.807, 2.05) is 26.0 Å². The average Bonchev–Trinajstić information content (AvgIpc) is 2.59. The highest BCUT2D eigenvalue weighted by Gasteiger charge is 2.08. The third-order valence-electron chi connectivity index (χ3n) is 3.17. The van der Waals surface area contributed by atoms with E-state index >= 15 is 0 Å². The van der Waals surface area contributed by atoms with Gasteiger partial charge in [-0.15, -0.1) is 0 Å². The molecule has 1 aromatic carbocycles. The lowest BCUT2D eigenvalue weighted by Gasteiger charge is -2.10. The molecule has 6 nitrogen and oxygen atoms in total. The van der Waals surface area contributed by atoms with E-state index in [9.17, 15) is 9.59 Å². The molecule has 126 valence electrons. The summed E-state index contributed by atoms with van der Waals surface area (Å²) in [7, 11) is 0. The Balaban J connectivity index is 1.76. The average molecular weight is 327 g/mol. The van der Waals surface area contributed by atoms with Gasteiger partial charge in [0.05, 0.1) is 6.10 Å². The largest absolute Gasteiger partial charge is 0.491 e. The van der Waals surface area contributed by atoms with Crippen molar-refractivity contribution in [3.05, 3.63) is 59.9 Å². The van der Waals surface area contributed by atoms with Crippen LogP contribution >= 0.6 is 0 Å². The Labute approximate surface area is 141 Å².